The Morgan fingerprint density at radius 3 is 1.19 bits per heavy atom. The van der Waals surface area contributed by atoms with E-state index in [1.54, 1.807) is 24.3 Å². The lowest BCUT2D eigenvalue weighted by Gasteiger charge is -2.29. The Kier molecular flexibility index (Phi) is 5.06. The minimum atomic E-state index is -0.766. The van der Waals surface area contributed by atoms with Crippen LogP contribution < -0.4 is 9.80 Å². The minimum absolute atomic E-state index is 0.00819. The molecule has 4 amide bonds. The number of rotatable bonds is 4. The number of nitro groups is 2. The van der Waals surface area contributed by atoms with Crippen LogP contribution >= 0.6 is 0 Å². The molecule has 5 aromatic rings. The van der Waals surface area contributed by atoms with E-state index in [2.05, 4.69) is 0 Å². The van der Waals surface area contributed by atoms with Crippen LogP contribution in [0.2, 0.25) is 0 Å². The Labute approximate surface area is 234 Å². The molecule has 12 nitrogen and oxygen atoms in total. The zero-order chi connectivity index (χ0) is 29.4. The standard InChI is InChI=1S/C30H14N4O8/c35-27-21-5-1-3-15-11-19(33(39)40)13-23(25(15)21)29(37)31(27)17-7-9-18(10-8-17)32-28(36)22-6-2-4-16-12-20(34(41)42)14-24(26(16)22)30(32)38/h1-14H. The third-order valence-corrected chi connectivity index (χ3v) is 7.45. The number of hydrogen-bond donors (Lipinski definition) is 0. The van der Waals surface area contributed by atoms with E-state index in [1.807, 2.05) is 0 Å². The van der Waals surface area contributed by atoms with Crippen LogP contribution in [0.25, 0.3) is 21.5 Å². The van der Waals surface area contributed by atoms with Gasteiger partial charge >= 0.3 is 0 Å². The molecule has 0 unspecified atom stereocenters. The molecular formula is C30H14N4O8. The average Bonchev–Trinajstić information content (AvgIpc) is 2.98. The molecule has 2 aliphatic heterocycles. The van der Waals surface area contributed by atoms with Gasteiger partial charge in [-0.25, -0.2) is 9.80 Å². The minimum Gasteiger partial charge on any atom is -0.268 e. The molecule has 0 aromatic heterocycles. The molecule has 0 saturated heterocycles. The summed E-state index contributed by atoms with van der Waals surface area (Å²) < 4.78 is 0. The molecule has 42 heavy (non-hydrogen) atoms. The van der Waals surface area contributed by atoms with Crippen LogP contribution in [-0.4, -0.2) is 33.5 Å². The summed E-state index contributed by atoms with van der Waals surface area (Å²) in [7, 11) is 0. The fraction of sp³-hybridized carbons (Fsp3) is 0. The molecular weight excluding hydrogens is 544 g/mol. The van der Waals surface area contributed by atoms with Gasteiger partial charge in [0.05, 0.1) is 32.3 Å². The van der Waals surface area contributed by atoms with Crippen molar-refractivity contribution in [1.82, 2.24) is 0 Å². The maximum atomic E-state index is 13.5. The SMILES string of the molecule is O=C1c2cccc3cc([N+](=O)[O-])cc(c23)C(=O)N1c1ccc(N2C(=O)c3cccc4cc([N+](=O)[O-])cc(c34)C2=O)cc1. The fourth-order valence-corrected chi connectivity index (χ4v) is 5.61. The molecule has 12 heteroatoms. The highest BCUT2D eigenvalue weighted by atomic mass is 16.6. The number of non-ortho nitro benzene ring substituents is 2. The normalized spacial score (nSPS) is 14.2. The highest BCUT2D eigenvalue weighted by Gasteiger charge is 2.37. The maximum absolute atomic E-state index is 13.5. The second kappa shape index (κ2) is 8.60. The van der Waals surface area contributed by atoms with Crippen molar-refractivity contribution < 1.29 is 29.0 Å². The fourth-order valence-electron chi connectivity index (χ4n) is 5.61. The van der Waals surface area contributed by atoms with Gasteiger partial charge in [0, 0.05) is 46.2 Å². The first kappa shape index (κ1) is 24.7. The van der Waals surface area contributed by atoms with Crippen molar-refractivity contribution in [1.29, 1.82) is 0 Å². The molecule has 0 fully saturated rings. The van der Waals surface area contributed by atoms with Gasteiger partial charge in [0.1, 0.15) is 0 Å². The van der Waals surface area contributed by atoms with Gasteiger partial charge in [-0.2, -0.15) is 0 Å². The quantitative estimate of drug-likeness (QED) is 0.161. The van der Waals surface area contributed by atoms with Crippen LogP contribution in [0.5, 0.6) is 0 Å². The molecule has 0 saturated carbocycles. The summed E-state index contributed by atoms with van der Waals surface area (Å²) >= 11 is 0. The van der Waals surface area contributed by atoms with Gasteiger partial charge in [-0.05, 0) is 47.2 Å². The first-order valence-corrected chi connectivity index (χ1v) is 12.5. The van der Waals surface area contributed by atoms with Crippen molar-refractivity contribution in [2.24, 2.45) is 0 Å². The molecule has 2 heterocycles. The summed E-state index contributed by atoms with van der Waals surface area (Å²) in [5, 5.41) is 24.4. The van der Waals surface area contributed by atoms with Gasteiger partial charge in [-0.3, -0.25) is 39.4 Å². The summed E-state index contributed by atoms with van der Waals surface area (Å²) in [4.78, 5) is 77.4. The van der Waals surface area contributed by atoms with Crippen molar-refractivity contribution in [2.75, 3.05) is 9.80 Å². The maximum Gasteiger partial charge on any atom is 0.270 e. The summed E-state index contributed by atoms with van der Waals surface area (Å²) in [5.74, 6) is -2.81. The number of hydrogen-bond acceptors (Lipinski definition) is 8. The monoisotopic (exact) mass is 558 g/mol. The van der Waals surface area contributed by atoms with Gasteiger partial charge in [-0.15, -0.1) is 0 Å². The van der Waals surface area contributed by atoms with Gasteiger partial charge in [0.15, 0.2) is 0 Å². The van der Waals surface area contributed by atoms with Crippen LogP contribution in [0.1, 0.15) is 41.4 Å². The Morgan fingerprint density at radius 1 is 0.476 bits per heavy atom. The second-order valence-electron chi connectivity index (χ2n) is 9.72. The predicted octanol–water partition coefficient (Wildman–Crippen LogP) is 5.41. The number of nitro benzene ring substituents is 2. The molecule has 0 N–H and O–H groups in total. The Balaban J connectivity index is 1.30. The number of benzene rings is 5. The zero-order valence-electron chi connectivity index (χ0n) is 21.1. The van der Waals surface area contributed by atoms with Crippen molar-refractivity contribution >= 4 is 67.9 Å². The third kappa shape index (κ3) is 3.35. The number of anilines is 2. The average molecular weight is 558 g/mol. The van der Waals surface area contributed by atoms with Crippen LogP contribution in [0.3, 0.4) is 0 Å². The first-order valence-electron chi connectivity index (χ1n) is 12.5. The molecule has 2 aliphatic rings. The number of carbonyl (C=O) groups excluding carboxylic acids is 4. The van der Waals surface area contributed by atoms with Gasteiger partial charge in [0.25, 0.3) is 35.0 Å². The van der Waals surface area contributed by atoms with E-state index in [-0.39, 0.29) is 45.0 Å². The second-order valence-corrected chi connectivity index (χ2v) is 9.72. The van der Waals surface area contributed by atoms with Gasteiger partial charge in [-0.1, -0.05) is 24.3 Å². The largest absolute Gasteiger partial charge is 0.270 e. The van der Waals surface area contributed by atoms with E-state index in [1.165, 1.54) is 48.5 Å². The van der Waals surface area contributed by atoms with E-state index in [0.29, 0.717) is 21.5 Å². The lowest BCUT2D eigenvalue weighted by atomic mass is 9.92. The molecule has 0 bridgehead atoms. The van der Waals surface area contributed by atoms with Crippen molar-refractivity contribution in [3.63, 3.8) is 0 Å². The van der Waals surface area contributed by atoms with E-state index in [9.17, 15) is 39.4 Å². The van der Waals surface area contributed by atoms with Crippen LogP contribution in [0, 0.1) is 20.2 Å². The lowest BCUT2D eigenvalue weighted by molar-refractivity contribution is -0.384. The van der Waals surface area contributed by atoms with E-state index in [4.69, 9.17) is 0 Å². The van der Waals surface area contributed by atoms with Crippen molar-refractivity contribution in [3.05, 3.63) is 127 Å². The zero-order valence-corrected chi connectivity index (χ0v) is 21.1. The number of amides is 4. The van der Waals surface area contributed by atoms with Crippen molar-refractivity contribution in [2.45, 2.75) is 0 Å². The number of nitrogens with zero attached hydrogens (tertiary/aromatic N) is 4. The molecule has 0 atom stereocenters. The third-order valence-electron chi connectivity index (χ3n) is 7.45. The van der Waals surface area contributed by atoms with Crippen LogP contribution in [0.4, 0.5) is 22.7 Å². The topological polar surface area (TPSA) is 161 Å². The molecule has 202 valence electrons. The van der Waals surface area contributed by atoms with E-state index < -0.39 is 33.5 Å². The van der Waals surface area contributed by atoms with Crippen molar-refractivity contribution in [3.8, 4) is 0 Å². The highest BCUT2D eigenvalue weighted by molar-refractivity contribution is 6.37. The number of carbonyl (C=O) groups is 4. The predicted molar refractivity (Wildman–Crippen MR) is 150 cm³/mol. The Hall–Kier alpha value is -6.30. The smallest absolute Gasteiger partial charge is 0.268 e. The summed E-state index contributed by atoms with van der Waals surface area (Å²) in [6.45, 7) is 0. The van der Waals surface area contributed by atoms with E-state index >= 15 is 0 Å². The summed E-state index contributed by atoms with van der Waals surface area (Å²) in [5.41, 5.74) is -0.0219. The molecule has 0 spiro atoms. The molecule has 0 radical (unpaired) electrons. The Morgan fingerprint density at radius 2 is 0.833 bits per heavy atom. The van der Waals surface area contributed by atoms with Crippen LogP contribution in [0.15, 0.2) is 84.9 Å². The Bertz CT molecular complexity index is 1990. The first-order chi connectivity index (χ1) is 20.2. The van der Waals surface area contributed by atoms with E-state index in [0.717, 1.165) is 21.9 Å². The summed E-state index contributed by atoms with van der Waals surface area (Å²) in [6, 6.07) is 19.7. The van der Waals surface area contributed by atoms with Gasteiger partial charge in [0.2, 0.25) is 0 Å². The summed E-state index contributed by atoms with van der Waals surface area (Å²) in [6.07, 6.45) is 0. The number of imide groups is 2. The molecule has 0 aliphatic carbocycles. The molecule has 5 aromatic carbocycles. The lowest BCUT2D eigenvalue weighted by Crippen LogP contribution is -2.41. The molecule has 7 rings (SSSR count). The van der Waals surface area contributed by atoms with Crippen LogP contribution in [-0.2, 0) is 0 Å². The highest BCUT2D eigenvalue weighted by Crippen LogP contribution is 2.38. The van der Waals surface area contributed by atoms with Gasteiger partial charge < -0.3 is 0 Å².